The molecule has 1 unspecified atom stereocenters. The number of benzene rings is 1. The number of thioether (sulfide) groups is 1. The molecule has 3 aromatic heterocycles. The smallest absolute Gasteiger partial charge is 0.191 e. The van der Waals surface area contributed by atoms with Crippen molar-refractivity contribution in [1.82, 2.24) is 29.5 Å². The zero-order valence-corrected chi connectivity index (χ0v) is 20.7. The van der Waals surface area contributed by atoms with Gasteiger partial charge in [0.25, 0.3) is 0 Å². The van der Waals surface area contributed by atoms with Crippen LogP contribution in [0.15, 0.2) is 40.9 Å². The van der Waals surface area contributed by atoms with E-state index in [9.17, 15) is 0 Å². The number of hydrogen-bond donors (Lipinski definition) is 0. The van der Waals surface area contributed by atoms with Gasteiger partial charge in [0.2, 0.25) is 0 Å². The van der Waals surface area contributed by atoms with Crippen LogP contribution in [0.25, 0.3) is 16.4 Å². The summed E-state index contributed by atoms with van der Waals surface area (Å²) in [6, 6.07) is 10.5. The molecule has 7 nitrogen and oxygen atoms in total. The number of nitrogens with zero attached hydrogens (tertiary/aromatic N) is 6. The minimum Gasteiger partial charge on any atom is -0.371 e. The van der Waals surface area contributed by atoms with E-state index in [2.05, 4.69) is 65.2 Å². The normalized spacial score (nSPS) is 12.4. The molecule has 3 heterocycles. The largest absolute Gasteiger partial charge is 0.371 e. The molecule has 0 aliphatic rings. The van der Waals surface area contributed by atoms with E-state index in [1.165, 1.54) is 5.56 Å². The van der Waals surface area contributed by atoms with Gasteiger partial charge in [0.15, 0.2) is 16.8 Å². The fraction of sp³-hybridized carbons (Fsp3) is 0.391. The molecule has 0 aliphatic carbocycles. The quantitative estimate of drug-likeness (QED) is 0.297. The molecule has 4 rings (SSSR count). The molecule has 168 valence electrons. The standard InChI is InChI=1S/C23H28N6OS2/c1-6-28-22(19-9-8-12-31-19)25-26-23(28)32-14-20-24-21(17(5)30-7-2)27-29(20)18-11-10-15(3)13-16(18)4/h8-13,17H,6-7,14H2,1-5H3. The van der Waals surface area contributed by atoms with Crippen LogP contribution in [-0.4, -0.2) is 36.1 Å². The lowest BCUT2D eigenvalue weighted by molar-refractivity contribution is 0.0701. The Kier molecular flexibility index (Phi) is 7.07. The first-order chi connectivity index (χ1) is 15.5. The van der Waals surface area contributed by atoms with Crippen LogP contribution in [0, 0.1) is 13.8 Å². The minimum atomic E-state index is -0.166. The molecule has 0 fully saturated rings. The van der Waals surface area contributed by atoms with E-state index in [0.29, 0.717) is 18.2 Å². The van der Waals surface area contributed by atoms with Gasteiger partial charge >= 0.3 is 0 Å². The average molecular weight is 469 g/mol. The highest BCUT2D eigenvalue weighted by Gasteiger charge is 2.20. The molecule has 0 spiro atoms. The summed E-state index contributed by atoms with van der Waals surface area (Å²) in [6.45, 7) is 11.7. The van der Waals surface area contributed by atoms with E-state index in [1.807, 2.05) is 24.6 Å². The molecule has 0 saturated heterocycles. The summed E-state index contributed by atoms with van der Waals surface area (Å²) in [6.07, 6.45) is -0.166. The van der Waals surface area contributed by atoms with Crippen LogP contribution in [0.4, 0.5) is 0 Å². The highest BCUT2D eigenvalue weighted by molar-refractivity contribution is 7.98. The molecule has 9 heteroatoms. The van der Waals surface area contributed by atoms with Crippen LogP contribution < -0.4 is 0 Å². The summed E-state index contributed by atoms with van der Waals surface area (Å²) < 4.78 is 9.85. The van der Waals surface area contributed by atoms with Crippen molar-refractivity contribution in [3.05, 3.63) is 58.5 Å². The second kappa shape index (κ2) is 9.97. The lowest BCUT2D eigenvalue weighted by Gasteiger charge is -2.10. The molecule has 0 N–H and O–H groups in total. The fourth-order valence-electron chi connectivity index (χ4n) is 3.59. The monoisotopic (exact) mass is 468 g/mol. The molecule has 0 bridgehead atoms. The maximum absolute atomic E-state index is 5.75. The summed E-state index contributed by atoms with van der Waals surface area (Å²) in [5.74, 6) is 3.10. The zero-order valence-electron chi connectivity index (χ0n) is 19.1. The van der Waals surface area contributed by atoms with Gasteiger partial charge in [-0.3, -0.25) is 0 Å². The Labute approximate surface area is 196 Å². The van der Waals surface area contributed by atoms with Crippen LogP contribution in [0.2, 0.25) is 0 Å². The van der Waals surface area contributed by atoms with Crippen molar-refractivity contribution >= 4 is 23.1 Å². The Morgan fingerprint density at radius 1 is 1.16 bits per heavy atom. The van der Waals surface area contributed by atoms with Gasteiger partial charge in [-0.1, -0.05) is 35.5 Å². The number of ether oxygens (including phenoxy) is 1. The highest BCUT2D eigenvalue weighted by atomic mass is 32.2. The van der Waals surface area contributed by atoms with Crippen molar-refractivity contribution in [2.75, 3.05) is 6.61 Å². The molecule has 1 atom stereocenters. The molecule has 0 aliphatic heterocycles. The van der Waals surface area contributed by atoms with E-state index in [0.717, 1.165) is 39.5 Å². The van der Waals surface area contributed by atoms with E-state index >= 15 is 0 Å². The average Bonchev–Trinajstić information content (AvgIpc) is 3.51. The second-order valence-electron chi connectivity index (χ2n) is 7.50. The number of thiophene rings is 1. The van der Waals surface area contributed by atoms with Crippen LogP contribution in [0.3, 0.4) is 0 Å². The summed E-state index contributed by atoms with van der Waals surface area (Å²) >= 11 is 3.30. The van der Waals surface area contributed by atoms with Crippen molar-refractivity contribution in [1.29, 1.82) is 0 Å². The van der Waals surface area contributed by atoms with Crippen LogP contribution in [0.5, 0.6) is 0 Å². The topological polar surface area (TPSA) is 70.7 Å². The Morgan fingerprint density at radius 2 is 2.00 bits per heavy atom. The summed E-state index contributed by atoms with van der Waals surface area (Å²) in [5, 5.41) is 16.7. The van der Waals surface area contributed by atoms with Crippen LogP contribution >= 0.6 is 23.1 Å². The lowest BCUT2D eigenvalue weighted by atomic mass is 10.1. The van der Waals surface area contributed by atoms with E-state index in [4.69, 9.17) is 14.8 Å². The molecule has 0 amide bonds. The Balaban J connectivity index is 1.66. The summed E-state index contributed by atoms with van der Waals surface area (Å²) in [5.41, 5.74) is 3.42. The maximum Gasteiger partial charge on any atom is 0.191 e. The van der Waals surface area contributed by atoms with Gasteiger partial charge < -0.3 is 9.30 Å². The molecule has 0 saturated carbocycles. The first-order valence-electron chi connectivity index (χ1n) is 10.8. The number of aryl methyl sites for hydroxylation is 2. The van der Waals surface area contributed by atoms with Crippen molar-refractivity contribution < 1.29 is 4.74 Å². The minimum absolute atomic E-state index is 0.166. The van der Waals surface area contributed by atoms with Gasteiger partial charge in [-0.25, -0.2) is 9.67 Å². The first-order valence-corrected chi connectivity index (χ1v) is 12.6. The highest BCUT2D eigenvalue weighted by Crippen LogP contribution is 2.29. The first kappa shape index (κ1) is 22.7. The van der Waals surface area contributed by atoms with Crippen molar-refractivity contribution in [2.45, 2.75) is 58.2 Å². The van der Waals surface area contributed by atoms with Crippen LogP contribution in [0.1, 0.15) is 49.7 Å². The van der Waals surface area contributed by atoms with Crippen molar-refractivity contribution in [3.8, 4) is 16.4 Å². The van der Waals surface area contributed by atoms with Gasteiger partial charge in [-0.15, -0.1) is 26.6 Å². The number of rotatable bonds is 9. The van der Waals surface area contributed by atoms with E-state index < -0.39 is 0 Å². The van der Waals surface area contributed by atoms with E-state index in [1.54, 1.807) is 23.1 Å². The lowest BCUT2D eigenvalue weighted by Crippen LogP contribution is -2.06. The number of hydrogen-bond acceptors (Lipinski definition) is 7. The Bertz CT molecular complexity index is 1180. The third-order valence-electron chi connectivity index (χ3n) is 5.16. The molecule has 1 aromatic carbocycles. The van der Waals surface area contributed by atoms with Crippen LogP contribution in [-0.2, 0) is 17.0 Å². The Morgan fingerprint density at radius 3 is 2.69 bits per heavy atom. The third-order valence-corrected chi connectivity index (χ3v) is 6.98. The van der Waals surface area contributed by atoms with Crippen molar-refractivity contribution in [2.24, 2.45) is 0 Å². The molecular weight excluding hydrogens is 440 g/mol. The fourth-order valence-corrected chi connectivity index (χ4v) is 5.22. The van der Waals surface area contributed by atoms with E-state index in [-0.39, 0.29) is 6.10 Å². The van der Waals surface area contributed by atoms with Gasteiger partial charge in [-0.2, -0.15) is 0 Å². The maximum atomic E-state index is 5.75. The molecule has 32 heavy (non-hydrogen) atoms. The van der Waals surface area contributed by atoms with Gasteiger partial charge in [0.05, 0.1) is 16.3 Å². The second-order valence-corrected chi connectivity index (χ2v) is 9.39. The zero-order chi connectivity index (χ0) is 22.7. The molecular formula is C23H28N6OS2. The predicted octanol–water partition coefficient (Wildman–Crippen LogP) is 5.61. The van der Waals surface area contributed by atoms with Gasteiger partial charge in [0.1, 0.15) is 11.9 Å². The Hall–Kier alpha value is -2.49. The summed E-state index contributed by atoms with van der Waals surface area (Å²) in [4.78, 5) is 5.97. The third kappa shape index (κ3) is 4.65. The number of aromatic nitrogens is 6. The van der Waals surface area contributed by atoms with Crippen molar-refractivity contribution in [3.63, 3.8) is 0 Å². The summed E-state index contributed by atoms with van der Waals surface area (Å²) in [7, 11) is 0. The van der Waals surface area contributed by atoms with Gasteiger partial charge in [0, 0.05) is 13.2 Å². The molecule has 0 radical (unpaired) electrons. The predicted molar refractivity (Wildman–Crippen MR) is 129 cm³/mol. The SMILES string of the molecule is CCOC(C)c1nc(CSc2nnc(-c3cccs3)n2CC)n(-c2ccc(C)cc2C)n1. The molecule has 4 aromatic rings. The van der Waals surface area contributed by atoms with Gasteiger partial charge in [-0.05, 0) is 57.7 Å².